The van der Waals surface area contributed by atoms with Crippen LogP contribution in [0.4, 0.5) is 0 Å². The molecule has 2 N–H and O–H groups in total. The molecule has 0 saturated carbocycles. The lowest BCUT2D eigenvalue weighted by Gasteiger charge is -2.15. The van der Waals surface area contributed by atoms with Gasteiger partial charge in [0.05, 0.1) is 9.64 Å². The van der Waals surface area contributed by atoms with E-state index in [4.69, 9.17) is 5.84 Å². The molecule has 1 aliphatic carbocycles. The molecule has 1 aliphatic rings. The van der Waals surface area contributed by atoms with Crippen molar-refractivity contribution >= 4 is 28.3 Å². The number of rotatable bonds is 0. The fraction of sp³-hybridized carbons (Fsp3) is 0.375. The van der Waals surface area contributed by atoms with E-state index in [1.54, 1.807) is 0 Å². The molecule has 1 atom stereocenters. The largest absolute Gasteiger partial charge is 0.323 e. The van der Waals surface area contributed by atoms with E-state index in [9.17, 15) is 0 Å². The molecule has 0 radical (unpaired) electrons. The lowest BCUT2D eigenvalue weighted by Crippen LogP contribution is -2.18. The molecule has 0 aromatic heterocycles. The van der Waals surface area contributed by atoms with E-state index in [0.29, 0.717) is 3.92 Å². The first-order valence-electron chi connectivity index (χ1n) is 3.44. The van der Waals surface area contributed by atoms with Crippen LogP contribution in [0.15, 0.2) is 28.4 Å². The van der Waals surface area contributed by atoms with Crippen LogP contribution in [0, 0.1) is 0 Å². The molecule has 0 aliphatic heterocycles. The van der Waals surface area contributed by atoms with Gasteiger partial charge in [0.15, 0.2) is 0 Å². The topological polar surface area (TPSA) is 38.4 Å². The van der Waals surface area contributed by atoms with Gasteiger partial charge in [-0.15, -0.1) is 0 Å². The third-order valence-corrected chi connectivity index (χ3v) is 2.90. The van der Waals surface area contributed by atoms with E-state index in [0.717, 1.165) is 5.71 Å². The minimum absolute atomic E-state index is 0.335. The molecule has 1 unspecified atom stereocenters. The summed E-state index contributed by atoms with van der Waals surface area (Å²) in [4.78, 5) is 0. The molecule has 0 aromatic rings. The number of hydrazone groups is 1. The van der Waals surface area contributed by atoms with Crippen LogP contribution in [-0.4, -0.2) is 9.64 Å². The Morgan fingerprint density at radius 1 is 1.55 bits per heavy atom. The van der Waals surface area contributed by atoms with Gasteiger partial charge in [-0.05, 0) is 25.0 Å². The number of nitrogens with two attached hydrogens (primary N) is 1. The average Bonchev–Trinajstić information content (AvgIpc) is 1.99. The minimum Gasteiger partial charge on any atom is -0.323 e. The summed E-state index contributed by atoms with van der Waals surface area (Å²) in [6.45, 7) is 4.12. The smallest absolute Gasteiger partial charge is 0.0798 e. The van der Waals surface area contributed by atoms with Crippen LogP contribution in [0.25, 0.3) is 0 Å². The Morgan fingerprint density at radius 2 is 2.18 bits per heavy atom. The first-order valence-corrected chi connectivity index (χ1v) is 4.69. The van der Waals surface area contributed by atoms with E-state index in [-0.39, 0.29) is 0 Å². The van der Waals surface area contributed by atoms with E-state index in [1.165, 1.54) is 11.1 Å². The predicted molar refractivity (Wildman–Crippen MR) is 56.9 cm³/mol. The lowest BCUT2D eigenvalue weighted by molar-refractivity contribution is 1.19. The third-order valence-electron chi connectivity index (χ3n) is 1.89. The molecule has 3 heteroatoms. The molecule has 0 amide bonds. The minimum atomic E-state index is 0.335. The van der Waals surface area contributed by atoms with Crippen LogP contribution in [0.1, 0.15) is 13.8 Å². The number of nitrogens with zero attached hydrogens (tertiary/aromatic N) is 1. The first-order chi connectivity index (χ1) is 5.16. The summed E-state index contributed by atoms with van der Waals surface area (Å²) in [6, 6.07) is 0. The molecule has 0 fully saturated rings. The van der Waals surface area contributed by atoms with Gasteiger partial charge in [0.25, 0.3) is 0 Å². The van der Waals surface area contributed by atoms with Crippen LogP contribution in [-0.2, 0) is 0 Å². The van der Waals surface area contributed by atoms with Crippen molar-refractivity contribution in [3.05, 3.63) is 23.3 Å². The summed E-state index contributed by atoms with van der Waals surface area (Å²) in [5.74, 6) is 5.26. The van der Waals surface area contributed by atoms with Crippen LogP contribution in [0.3, 0.4) is 0 Å². The van der Waals surface area contributed by atoms with E-state index >= 15 is 0 Å². The Labute approximate surface area is 80.4 Å². The molecule has 11 heavy (non-hydrogen) atoms. The Kier molecular flexibility index (Phi) is 2.70. The monoisotopic (exact) mass is 262 g/mol. The number of allylic oxidation sites excluding steroid dienone is 4. The number of halogens is 1. The summed E-state index contributed by atoms with van der Waals surface area (Å²) >= 11 is 2.31. The molecule has 0 aromatic carbocycles. The Morgan fingerprint density at radius 3 is 2.64 bits per heavy atom. The summed E-state index contributed by atoms with van der Waals surface area (Å²) in [5.41, 5.74) is 3.45. The van der Waals surface area contributed by atoms with Gasteiger partial charge >= 0.3 is 0 Å². The summed E-state index contributed by atoms with van der Waals surface area (Å²) < 4.78 is 0.335. The number of hydrogen-bond acceptors (Lipinski definition) is 2. The van der Waals surface area contributed by atoms with Crippen LogP contribution < -0.4 is 5.84 Å². The van der Waals surface area contributed by atoms with Gasteiger partial charge in [-0.25, -0.2) is 0 Å². The van der Waals surface area contributed by atoms with Crippen molar-refractivity contribution in [2.24, 2.45) is 10.9 Å². The molecule has 0 spiro atoms. The van der Waals surface area contributed by atoms with Crippen molar-refractivity contribution < 1.29 is 0 Å². The quantitative estimate of drug-likeness (QED) is 0.308. The maximum Gasteiger partial charge on any atom is 0.0798 e. The molecule has 0 saturated heterocycles. The Balaban J connectivity index is 3.06. The van der Waals surface area contributed by atoms with Crippen molar-refractivity contribution in [3.8, 4) is 0 Å². The first kappa shape index (κ1) is 8.77. The highest BCUT2D eigenvalue weighted by molar-refractivity contribution is 14.1. The molecule has 60 valence electrons. The van der Waals surface area contributed by atoms with E-state index < -0.39 is 0 Å². The zero-order valence-electron chi connectivity index (χ0n) is 6.63. The molecular formula is C8H11IN2. The van der Waals surface area contributed by atoms with Crippen LogP contribution in [0.5, 0.6) is 0 Å². The zero-order chi connectivity index (χ0) is 8.43. The second-order valence-electron chi connectivity index (χ2n) is 2.58. The van der Waals surface area contributed by atoms with Gasteiger partial charge in [-0.1, -0.05) is 34.7 Å². The molecule has 0 bridgehead atoms. The molecule has 2 nitrogen and oxygen atoms in total. The van der Waals surface area contributed by atoms with Crippen molar-refractivity contribution in [1.29, 1.82) is 0 Å². The average molecular weight is 262 g/mol. The highest BCUT2D eigenvalue weighted by Crippen LogP contribution is 2.20. The van der Waals surface area contributed by atoms with Gasteiger partial charge in [-0.2, -0.15) is 5.10 Å². The summed E-state index contributed by atoms with van der Waals surface area (Å²) in [6.07, 6.45) is 4.22. The normalized spacial score (nSPS) is 28.3. The molecular weight excluding hydrogens is 251 g/mol. The van der Waals surface area contributed by atoms with Gasteiger partial charge < -0.3 is 5.84 Å². The second kappa shape index (κ2) is 3.38. The molecule has 0 heterocycles. The highest BCUT2D eigenvalue weighted by atomic mass is 127. The summed E-state index contributed by atoms with van der Waals surface area (Å²) in [5, 5.41) is 3.76. The maximum absolute atomic E-state index is 5.26. The fourth-order valence-electron chi connectivity index (χ4n) is 1.02. The Hall–Kier alpha value is -0.320. The van der Waals surface area contributed by atoms with Crippen molar-refractivity contribution in [3.63, 3.8) is 0 Å². The van der Waals surface area contributed by atoms with Crippen molar-refractivity contribution in [2.75, 3.05) is 0 Å². The zero-order valence-corrected chi connectivity index (χ0v) is 8.79. The van der Waals surface area contributed by atoms with Crippen LogP contribution in [0.2, 0.25) is 0 Å². The second-order valence-corrected chi connectivity index (χ2v) is 3.93. The predicted octanol–water partition coefficient (Wildman–Crippen LogP) is 2.01. The summed E-state index contributed by atoms with van der Waals surface area (Å²) in [7, 11) is 0. The van der Waals surface area contributed by atoms with Crippen LogP contribution >= 0.6 is 22.6 Å². The van der Waals surface area contributed by atoms with Gasteiger partial charge in [0.2, 0.25) is 0 Å². The number of hydrogen-bond donors (Lipinski definition) is 1. The Bertz CT molecular complexity index is 251. The van der Waals surface area contributed by atoms with Crippen molar-refractivity contribution in [1.82, 2.24) is 0 Å². The van der Waals surface area contributed by atoms with E-state index in [2.05, 4.69) is 53.7 Å². The third kappa shape index (κ3) is 1.64. The lowest BCUT2D eigenvalue weighted by atomic mass is 9.98. The molecule has 1 rings (SSSR count). The van der Waals surface area contributed by atoms with Gasteiger partial charge in [-0.3, -0.25) is 0 Å². The van der Waals surface area contributed by atoms with E-state index in [1.807, 2.05) is 0 Å². The number of alkyl halides is 1. The SMILES string of the molecule is CC1=C(C)/C(=N\N)C(I)C=C1. The standard InChI is InChI=1S/C8H11IN2/c1-5-3-4-7(9)8(11-10)6(5)2/h3-4,7H,10H2,1-2H3/b11-8+. The maximum atomic E-state index is 5.26. The van der Waals surface area contributed by atoms with Gasteiger partial charge in [0.1, 0.15) is 0 Å². The fourth-order valence-corrected chi connectivity index (χ4v) is 1.86. The van der Waals surface area contributed by atoms with Crippen molar-refractivity contribution in [2.45, 2.75) is 17.8 Å². The highest BCUT2D eigenvalue weighted by Gasteiger charge is 2.15. The van der Waals surface area contributed by atoms with Gasteiger partial charge in [0, 0.05) is 0 Å².